The molecule has 1 aromatic carbocycles. The predicted octanol–water partition coefficient (Wildman–Crippen LogP) is 3.16. The lowest BCUT2D eigenvalue weighted by Gasteiger charge is -2.10. The molecule has 112 valence electrons. The molecule has 1 aromatic rings. The first-order valence-corrected chi connectivity index (χ1v) is 7.30. The first-order chi connectivity index (χ1) is 9.77. The summed E-state index contributed by atoms with van der Waals surface area (Å²) in [6, 6.07) is 7.52. The molecule has 0 spiro atoms. The molecule has 0 saturated carbocycles. The Bertz CT molecular complexity index is 393. The normalized spacial score (nSPS) is 10.1. The van der Waals surface area contributed by atoms with Crippen molar-refractivity contribution in [2.24, 2.45) is 0 Å². The molecule has 0 saturated heterocycles. The minimum absolute atomic E-state index is 0.102. The van der Waals surface area contributed by atoms with Crippen molar-refractivity contribution >= 4 is 5.91 Å². The lowest BCUT2D eigenvalue weighted by atomic mass is 10.2. The lowest BCUT2D eigenvalue weighted by molar-refractivity contribution is -0.121. The maximum atomic E-state index is 11.5. The van der Waals surface area contributed by atoms with Crippen molar-refractivity contribution in [2.45, 2.75) is 39.0 Å². The van der Waals surface area contributed by atoms with Gasteiger partial charge in [-0.15, -0.1) is 0 Å². The van der Waals surface area contributed by atoms with Gasteiger partial charge in [-0.05, 0) is 25.0 Å². The van der Waals surface area contributed by atoms with Gasteiger partial charge in [-0.2, -0.15) is 0 Å². The fraction of sp³-hybridized carbons (Fsp3) is 0.562. The average Bonchev–Trinajstić information content (AvgIpc) is 2.48. The lowest BCUT2D eigenvalue weighted by Crippen LogP contribution is -2.24. The van der Waals surface area contributed by atoms with Crippen LogP contribution in [0.1, 0.15) is 39.0 Å². The van der Waals surface area contributed by atoms with Gasteiger partial charge >= 0.3 is 0 Å². The van der Waals surface area contributed by atoms with E-state index in [-0.39, 0.29) is 5.91 Å². The molecule has 0 aliphatic heterocycles. The summed E-state index contributed by atoms with van der Waals surface area (Å²) in [5.74, 6) is 1.54. The van der Waals surface area contributed by atoms with Crippen LogP contribution in [0, 0.1) is 0 Å². The van der Waals surface area contributed by atoms with Crippen molar-refractivity contribution < 1.29 is 14.3 Å². The van der Waals surface area contributed by atoms with E-state index in [4.69, 9.17) is 9.47 Å². The smallest absolute Gasteiger partial charge is 0.220 e. The van der Waals surface area contributed by atoms with E-state index < -0.39 is 0 Å². The van der Waals surface area contributed by atoms with Crippen LogP contribution < -0.4 is 14.8 Å². The van der Waals surface area contributed by atoms with Gasteiger partial charge in [-0.25, -0.2) is 0 Å². The van der Waals surface area contributed by atoms with Gasteiger partial charge in [0, 0.05) is 13.0 Å². The average molecular weight is 279 g/mol. The highest BCUT2D eigenvalue weighted by atomic mass is 16.5. The van der Waals surface area contributed by atoms with Crippen molar-refractivity contribution in [3.63, 3.8) is 0 Å². The summed E-state index contributed by atoms with van der Waals surface area (Å²) in [4.78, 5) is 11.5. The molecule has 4 heteroatoms. The number of hydrogen-bond donors (Lipinski definition) is 1. The number of benzene rings is 1. The van der Waals surface area contributed by atoms with Crippen LogP contribution in [-0.2, 0) is 4.79 Å². The summed E-state index contributed by atoms with van der Waals surface area (Å²) in [6.07, 6.45) is 4.60. The summed E-state index contributed by atoms with van der Waals surface area (Å²) in [6.45, 7) is 3.44. The van der Waals surface area contributed by atoms with Gasteiger partial charge in [0.1, 0.15) is 0 Å². The van der Waals surface area contributed by atoms with E-state index in [0.717, 1.165) is 30.9 Å². The fourth-order valence-electron chi connectivity index (χ4n) is 1.84. The highest BCUT2D eigenvalue weighted by Crippen LogP contribution is 2.25. The van der Waals surface area contributed by atoms with Gasteiger partial charge < -0.3 is 14.8 Å². The Hall–Kier alpha value is -1.71. The van der Waals surface area contributed by atoms with Gasteiger partial charge in [-0.1, -0.05) is 31.9 Å². The molecule has 4 nitrogen and oxygen atoms in total. The summed E-state index contributed by atoms with van der Waals surface area (Å²) >= 11 is 0. The van der Waals surface area contributed by atoms with Crippen LogP contribution in [0.15, 0.2) is 24.3 Å². The Morgan fingerprint density at radius 3 is 2.60 bits per heavy atom. The molecule has 20 heavy (non-hydrogen) atoms. The zero-order valence-electron chi connectivity index (χ0n) is 12.5. The van der Waals surface area contributed by atoms with Crippen molar-refractivity contribution in [2.75, 3.05) is 20.3 Å². The van der Waals surface area contributed by atoms with Gasteiger partial charge in [0.2, 0.25) is 5.91 Å². The topological polar surface area (TPSA) is 47.6 Å². The molecule has 1 rings (SSSR count). The maximum absolute atomic E-state index is 11.5. The molecular formula is C16H25NO3. The SMILES string of the molecule is CCCCCNC(=O)CCCOc1ccccc1OC. The van der Waals surface area contributed by atoms with E-state index >= 15 is 0 Å². The fourth-order valence-corrected chi connectivity index (χ4v) is 1.84. The molecule has 0 aromatic heterocycles. The van der Waals surface area contributed by atoms with E-state index in [9.17, 15) is 4.79 Å². The number of carbonyl (C=O) groups is 1. The molecule has 0 heterocycles. The first-order valence-electron chi connectivity index (χ1n) is 7.30. The molecule has 1 amide bonds. The number of nitrogens with one attached hydrogen (secondary N) is 1. The maximum Gasteiger partial charge on any atom is 0.220 e. The van der Waals surface area contributed by atoms with Crippen LogP contribution in [0.3, 0.4) is 0 Å². The molecule has 0 unspecified atom stereocenters. The number of para-hydroxylation sites is 2. The summed E-state index contributed by atoms with van der Waals surface area (Å²) in [5, 5.41) is 2.92. The van der Waals surface area contributed by atoms with Crippen LogP contribution in [0.5, 0.6) is 11.5 Å². The largest absolute Gasteiger partial charge is 0.493 e. The van der Waals surface area contributed by atoms with E-state index in [0.29, 0.717) is 19.4 Å². The molecule has 0 bridgehead atoms. The Labute approximate surface area is 121 Å². The molecule has 0 aliphatic rings. The Kier molecular flexibility index (Phi) is 8.27. The van der Waals surface area contributed by atoms with Crippen molar-refractivity contribution in [3.8, 4) is 11.5 Å². The molecule has 1 N–H and O–H groups in total. The highest BCUT2D eigenvalue weighted by Gasteiger charge is 2.04. The van der Waals surface area contributed by atoms with Crippen molar-refractivity contribution in [3.05, 3.63) is 24.3 Å². The second-order valence-corrected chi connectivity index (χ2v) is 4.66. The Morgan fingerprint density at radius 2 is 1.90 bits per heavy atom. The quantitative estimate of drug-likeness (QED) is 0.669. The van der Waals surface area contributed by atoms with Crippen molar-refractivity contribution in [1.82, 2.24) is 5.32 Å². The van der Waals surface area contributed by atoms with Crippen LogP contribution >= 0.6 is 0 Å². The number of amides is 1. The Morgan fingerprint density at radius 1 is 1.15 bits per heavy atom. The van der Waals surface area contributed by atoms with Gasteiger partial charge in [0.05, 0.1) is 13.7 Å². The number of carbonyl (C=O) groups excluding carboxylic acids is 1. The number of hydrogen-bond acceptors (Lipinski definition) is 3. The third-order valence-corrected chi connectivity index (χ3v) is 2.98. The number of methoxy groups -OCH3 is 1. The summed E-state index contributed by atoms with van der Waals surface area (Å²) in [7, 11) is 1.62. The van der Waals surface area contributed by atoms with E-state index in [1.807, 2.05) is 24.3 Å². The van der Waals surface area contributed by atoms with Gasteiger partial charge in [0.25, 0.3) is 0 Å². The van der Waals surface area contributed by atoms with E-state index in [1.165, 1.54) is 6.42 Å². The predicted molar refractivity (Wildman–Crippen MR) is 80.3 cm³/mol. The van der Waals surface area contributed by atoms with Gasteiger partial charge in [0.15, 0.2) is 11.5 Å². The summed E-state index contributed by atoms with van der Waals surface area (Å²) in [5.41, 5.74) is 0. The second-order valence-electron chi connectivity index (χ2n) is 4.66. The molecule has 0 fully saturated rings. The summed E-state index contributed by atoms with van der Waals surface area (Å²) < 4.78 is 10.8. The minimum atomic E-state index is 0.102. The molecule has 0 radical (unpaired) electrons. The van der Waals surface area contributed by atoms with Crippen LogP contribution in [0.25, 0.3) is 0 Å². The standard InChI is InChI=1S/C16H25NO3/c1-3-4-7-12-17-16(18)11-8-13-20-15-10-6-5-9-14(15)19-2/h5-6,9-10H,3-4,7-8,11-13H2,1-2H3,(H,17,18). The van der Waals surface area contributed by atoms with Crippen molar-refractivity contribution in [1.29, 1.82) is 0 Å². The van der Waals surface area contributed by atoms with Crippen LogP contribution in [0.4, 0.5) is 0 Å². The molecule has 0 aliphatic carbocycles. The van der Waals surface area contributed by atoms with Crippen LogP contribution in [-0.4, -0.2) is 26.2 Å². The molecule has 0 atom stereocenters. The van der Waals surface area contributed by atoms with E-state index in [1.54, 1.807) is 7.11 Å². The van der Waals surface area contributed by atoms with E-state index in [2.05, 4.69) is 12.2 Å². The second kappa shape index (κ2) is 10.1. The first kappa shape index (κ1) is 16.3. The van der Waals surface area contributed by atoms with Crippen LogP contribution in [0.2, 0.25) is 0 Å². The minimum Gasteiger partial charge on any atom is -0.493 e. The monoisotopic (exact) mass is 279 g/mol. The zero-order chi connectivity index (χ0) is 14.6. The van der Waals surface area contributed by atoms with Gasteiger partial charge in [-0.3, -0.25) is 4.79 Å². The zero-order valence-corrected chi connectivity index (χ0v) is 12.5. The number of unbranched alkanes of at least 4 members (excludes halogenated alkanes) is 2. The number of ether oxygens (including phenoxy) is 2. The highest BCUT2D eigenvalue weighted by molar-refractivity contribution is 5.75. The third-order valence-electron chi connectivity index (χ3n) is 2.98. The third kappa shape index (κ3) is 6.45. The Balaban J connectivity index is 2.13. The number of rotatable bonds is 10. The molecular weight excluding hydrogens is 254 g/mol.